The van der Waals surface area contributed by atoms with E-state index in [0.717, 1.165) is 12.8 Å². The molecule has 0 saturated carbocycles. The summed E-state index contributed by atoms with van der Waals surface area (Å²) in [5, 5.41) is 0. The lowest BCUT2D eigenvalue weighted by molar-refractivity contribution is -0.145. The first-order valence-electron chi connectivity index (χ1n) is 8.32. The topological polar surface area (TPSA) is 70.8 Å². The number of hydrogen-bond acceptors (Lipinski definition) is 5. The summed E-state index contributed by atoms with van der Waals surface area (Å²) >= 11 is 0. The molecule has 5 nitrogen and oxygen atoms in total. The van der Waals surface area contributed by atoms with Crippen molar-refractivity contribution in [2.24, 2.45) is 5.73 Å². The normalized spacial score (nSPS) is 10.8. The van der Waals surface area contributed by atoms with Gasteiger partial charge in [0.15, 0.2) is 0 Å². The molecule has 21 heavy (non-hydrogen) atoms. The Labute approximate surface area is 129 Å². The van der Waals surface area contributed by atoms with Crippen molar-refractivity contribution < 1.29 is 19.0 Å². The highest BCUT2D eigenvalue weighted by atomic mass is 16.6. The third-order valence-corrected chi connectivity index (χ3v) is 3.11. The van der Waals surface area contributed by atoms with Crippen LogP contribution in [0.3, 0.4) is 0 Å². The third kappa shape index (κ3) is 17.3. The minimum absolute atomic E-state index is 0.119. The van der Waals surface area contributed by atoms with Gasteiger partial charge in [-0.15, -0.1) is 0 Å². The molecule has 5 heteroatoms. The summed E-state index contributed by atoms with van der Waals surface area (Å²) in [4.78, 5) is 11.4. The van der Waals surface area contributed by atoms with Crippen molar-refractivity contribution >= 4 is 5.97 Å². The van der Waals surface area contributed by atoms with Gasteiger partial charge in [-0.2, -0.15) is 0 Å². The molecule has 0 aromatic heterocycles. The predicted molar refractivity (Wildman–Crippen MR) is 84.3 cm³/mol. The fourth-order valence-corrected chi connectivity index (χ4v) is 1.92. The van der Waals surface area contributed by atoms with E-state index in [-0.39, 0.29) is 5.97 Å². The van der Waals surface area contributed by atoms with Crippen LogP contribution in [0.15, 0.2) is 0 Å². The Morgan fingerprint density at radius 1 is 0.810 bits per heavy atom. The molecule has 0 aliphatic rings. The van der Waals surface area contributed by atoms with Crippen LogP contribution in [-0.4, -0.2) is 45.5 Å². The van der Waals surface area contributed by atoms with Crippen molar-refractivity contribution in [3.8, 4) is 0 Å². The van der Waals surface area contributed by atoms with Crippen molar-refractivity contribution in [2.75, 3.05) is 39.6 Å². The summed E-state index contributed by atoms with van der Waals surface area (Å²) in [7, 11) is 0. The first-order chi connectivity index (χ1) is 10.3. The standard InChI is InChI=1S/C16H33NO4/c1-2-3-4-5-6-7-8-9-16(18)21-15-14-20-13-12-19-11-10-17/h2-15,17H2,1H3. The summed E-state index contributed by atoms with van der Waals surface area (Å²) in [6.07, 6.45) is 8.97. The molecular weight excluding hydrogens is 270 g/mol. The number of carbonyl (C=O) groups is 1. The highest BCUT2D eigenvalue weighted by molar-refractivity contribution is 5.69. The molecule has 0 rings (SSSR count). The molecule has 0 aromatic rings. The van der Waals surface area contributed by atoms with Gasteiger partial charge in [0.2, 0.25) is 0 Å². The zero-order chi connectivity index (χ0) is 15.6. The summed E-state index contributed by atoms with van der Waals surface area (Å²) in [6, 6.07) is 0. The molecule has 0 aromatic carbocycles. The van der Waals surface area contributed by atoms with Crippen LogP contribution in [0.5, 0.6) is 0 Å². The highest BCUT2D eigenvalue weighted by Crippen LogP contribution is 2.08. The first-order valence-corrected chi connectivity index (χ1v) is 8.32. The molecule has 0 unspecified atom stereocenters. The van der Waals surface area contributed by atoms with Gasteiger partial charge in [0.25, 0.3) is 0 Å². The lowest BCUT2D eigenvalue weighted by Gasteiger charge is -2.06. The number of esters is 1. The molecule has 0 bridgehead atoms. The second-order valence-corrected chi connectivity index (χ2v) is 5.11. The minimum Gasteiger partial charge on any atom is -0.463 e. The van der Waals surface area contributed by atoms with Crippen molar-refractivity contribution in [3.63, 3.8) is 0 Å². The Balaban J connectivity index is 3.13. The molecule has 0 heterocycles. The summed E-state index contributed by atoms with van der Waals surface area (Å²) in [6.45, 7) is 5.08. The van der Waals surface area contributed by atoms with E-state index in [9.17, 15) is 4.79 Å². The quantitative estimate of drug-likeness (QED) is 0.350. The molecule has 0 saturated heterocycles. The fourth-order valence-electron chi connectivity index (χ4n) is 1.92. The molecule has 126 valence electrons. The van der Waals surface area contributed by atoms with Gasteiger partial charge in [-0.25, -0.2) is 0 Å². The van der Waals surface area contributed by atoms with Crippen LogP contribution in [0.25, 0.3) is 0 Å². The van der Waals surface area contributed by atoms with E-state index in [4.69, 9.17) is 19.9 Å². The van der Waals surface area contributed by atoms with Crippen molar-refractivity contribution in [1.29, 1.82) is 0 Å². The maximum absolute atomic E-state index is 11.4. The van der Waals surface area contributed by atoms with Crippen LogP contribution < -0.4 is 5.73 Å². The smallest absolute Gasteiger partial charge is 0.305 e. The molecule has 0 spiro atoms. The van der Waals surface area contributed by atoms with E-state index >= 15 is 0 Å². The van der Waals surface area contributed by atoms with E-state index in [0.29, 0.717) is 46.0 Å². The maximum Gasteiger partial charge on any atom is 0.305 e. The Hall–Kier alpha value is -0.650. The number of unbranched alkanes of at least 4 members (excludes halogenated alkanes) is 6. The van der Waals surface area contributed by atoms with Crippen LogP contribution in [0.4, 0.5) is 0 Å². The molecule has 0 aliphatic carbocycles. The minimum atomic E-state index is -0.119. The third-order valence-electron chi connectivity index (χ3n) is 3.11. The Bertz CT molecular complexity index is 224. The summed E-state index contributed by atoms with van der Waals surface area (Å²) in [5.74, 6) is -0.119. The van der Waals surface area contributed by atoms with Gasteiger partial charge in [-0.3, -0.25) is 4.79 Å². The largest absolute Gasteiger partial charge is 0.463 e. The van der Waals surface area contributed by atoms with Crippen LogP contribution >= 0.6 is 0 Å². The molecule has 0 amide bonds. The van der Waals surface area contributed by atoms with Crippen LogP contribution in [0.1, 0.15) is 58.3 Å². The van der Waals surface area contributed by atoms with E-state index in [1.54, 1.807) is 0 Å². The van der Waals surface area contributed by atoms with E-state index < -0.39 is 0 Å². The maximum atomic E-state index is 11.4. The number of hydrogen-bond donors (Lipinski definition) is 1. The van der Waals surface area contributed by atoms with E-state index in [1.165, 1.54) is 32.1 Å². The van der Waals surface area contributed by atoms with Gasteiger partial charge in [0.1, 0.15) is 6.61 Å². The van der Waals surface area contributed by atoms with Crippen LogP contribution in [0, 0.1) is 0 Å². The van der Waals surface area contributed by atoms with Crippen LogP contribution in [-0.2, 0) is 19.0 Å². The van der Waals surface area contributed by atoms with Crippen molar-refractivity contribution in [2.45, 2.75) is 58.3 Å². The lowest BCUT2D eigenvalue weighted by Crippen LogP contribution is -2.14. The van der Waals surface area contributed by atoms with Gasteiger partial charge in [0.05, 0.1) is 26.4 Å². The number of rotatable bonds is 16. The second-order valence-electron chi connectivity index (χ2n) is 5.11. The number of ether oxygens (including phenoxy) is 3. The fraction of sp³-hybridized carbons (Fsp3) is 0.938. The highest BCUT2D eigenvalue weighted by Gasteiger charge is 2.02. The number of nitrogens with two attached hydrogens (primary N) is 1. The average Bonchev–Trinajstić information content (AvgIpc) is 2.49. The Kier molecular flexibility index (Phi) is 16.9. The van der Waals surface area contributed by atoms with E-state index in [1.807, 2.05) is 0 Å². The summed E-state index contributed by atoms with van der Waals surface area (Å²) < 4.78 is 15.5. The first kappa shape index (κ1) is 20.3. The second kappa shape index (κ2) is 17.4. The van der Waals surface area contributed by atoms with Crippen molar-refractivity contribution in [1.82, 2.24) is 0 Å². The van der Waals surface area contributed by atoms with Gasteiger partial charge >= 0.3 is 5.97 Å². The zero-order valence-electron chi connectivity index (χ0n) is 13.6. The Morgan fingerprint density at radius 3 is 2.05 bits per heavy atom. The molecule has 2 N–H and O–H groups in total. The predicted octanol–water partition coefficient (Wildman–Crippen LogP) is 2.66. The Morgan fingerprint density at radius 2 is 1.38 bits per heavy atom. The van der Waals surface area contributed by atoms with Crippen LogP contribution in [0.2, 0.25) is 0 Å². The van der Waals surface area contributed by atoms with Gasteiger partial charge in [-0.05, 0) is 6.42 Å². The van der Waals surface area contributed by atoms with E-state index in [2.05, 4.69) is 6.92 Å². The van der Waals surface area contributed by atoms with Gasteiger partial charge < -0.3 is 19.9 Å². The SMILES string of the molecule is CCCCCCCCCC(=O)OCCOCCOCCN. The average molecular weight is 303 g/mol. The summed E-state index contributed by atoms with van der Waals surface area (Å²) in [5.41, 5.74) is 5.28. The molecule has 0 atom stereocenters. The zero-order valence-corrected chi connectivity index (χ0v) is 13.6. The lowest BCUT2D eigenvalue weighted by atomic mass is 10.1. The van der Waals surface area contributed by atoms with Gasteiger partial charge in [0, 0.05) is 13.0 Å². The molecule has 0 radical (unpaired) electrons. The molecule has 0 fully saturated rings. The molecule has 0 aliphatic heterocycles. The van der Waals surface area contributed by atoms with Crippen molar-refractivity contribution in [3.05, 3.63) is 0 Å². The van der Waals surface area contributed by atoms with Gasteiger partial charge in [-0.1, -0.05) is 45.4 Å². The molecular formula is C16H33NO4. The number of carbonyl (C=O) groups excluding carboxylic acids is 1. The monoisotopic (exact) mass is 303 g/mol.